The van der Waals surface area contributed by atoms with Crippen molar-refractivity contribution in [3.8, 4) is 0 Å². The standard InChI is InChI=1S/C14H13FN2OS/c15-13-6-5-10(9-16-13)14(18)17-7-1-3-11(17)12-4-2-8-19-12/h2,4-6,8-9,11H,1,3,7H2. The molecule has 0 bridgehead atoms. The largest absolute Gasteiger partial charge is 0.331 e. The van der Waals surface area contributed by atoms with Gasteiger partial charge in [-0.25, -0.2) is 4.98 Å². The number of thiophene rings is 1. The maximum absolute atomic E-state index is 12.8. The number of aromatic nitrogens is 1. The molecule has 1 atom stereocenters. The SMILES string of the molecule is O=C(c1ccc(F)nc1)N1CCCC1c1cccs1. The fourth-order valence-corrected chi connectivity index (χ4v) is 3.33. The highest BCUT2D eigenvalue weighted by atomic mass is 32.1. The number of amides is 1. The summed E-state index contributed by atoms with van der Waals surface area (Å²) in [6.45, 7) is 0.749. The van der Waals surface area contributed by atoms with E-state index in [1.807, 2.05) is 16.3 Å². The first-order valence-electron chi connectivity index (χ1n) is 6.21. The van der Waals surface area contributed by atoms with Crippen LogP contribution in [0, 0.1) is 5.95 Å². The molecule has 2 aromatic heterocycles. The van der Waals surface area contributed by atoms with E-state index in [1.165, 1.54) is 23.2 Å². The smallest absolute Gasteiger partial charge is 0.255 e. The zero-order valence-corrected chi connectivity index (χ0v) is 11.1. The van der Waals surface area contributed by atoms with E-state index >= 15 is 0 Å². The Bertz CT molecular complexity index is 568. The maximum atomic E-state index is 12.8. The molecule has 1 aliphatic rings. The van der Waals surface area contributed by atoms with Gasteiger partial charge in [-0.1, -0.05) is 6.07 Å². The van der Waals surface area contributed by atoms with Gasteiger partial charge >= 0.3 is 0 Å². The molecule has 0 N–H and O–H groups in total. The second-order valence-electron chi connectivity index (χ2n) is 4.54. The van der Waals surface area contributed by atoms with Gasteiger partial charge in [0.1, 0.15) is 0 Å². The minimum absolute atomic E-state index is 0.0663. The highest BCUT2D eigenvalue weighted by Crippen LogP contribution is 2.35. The van der Waals surface area contributed by atoms with Gasteiger partial charge in [-0.15, -0.1) is 11.3 Å². The molecule has 1 aliphatic heterocycles. The molecule has 0 spiro atoms. The van der Waals surface area contributed by atoms with Crippen molar-refractivity contribution < 1.29 is 9.18 Å². The number of hydrogen-bond acceptors (Lipinski definition) is 3. The summed E-state index contributed by atoms with van der Waals surface area (Å²) in [4.78, 5) is 19.1. The average Bonchev–Trinajstić information content (AvgIpc) is 3.09. The van der Waals surface area contributed by atoms with Crippen molar-refractivity contribution in [3.05, 3.63) is 52.2 Å². The fourth-order valence-electron chi connectivity index (χ4n) is 2.45. The van der Waals surface area contributed by atoms with Gasteiger partial charge in [-0.05, 0) is 36.4 Å². The third-order valence-electron chi connectivity index (χ3n) is 3.36. The minimum Gasteiger partial charge on any atom is -0.331 e. The van der Waals surface area contributed by atoms with Gasteiger partial charge in [-0.3, -0.25) is 4.79 Å². The summed E-state index contributed by atoms with van der Waals surface area (Å²) in [6, 6.07) is 6.93. The first-order chi connectivity index (χ1) is 9.25. The van der Waals surface area contributed by atoms with Gasteiger partial charge in [0.05, 0.1) is 11.6 Å². The Morgan fingerprint density at radius 2 is 2.32 bits per heavy atom. The predicted molar refractivity (Wildman–Crippen MR) is 71.5 cm³/mol. The van der Waals surface area contributed by atoms with Gasteiger partial charge < -0.3 is 4.90 Å². The van der Waals surface area contributed by atoms with Crippen molar-refractivity contribution in [2.45, 2.75) is 18.9 Å². The normalized spacial score (nSPS) is 18.8. The van der Waals surface area contributed by atoms with Crippen molar-refractivity contribution in [2.24, 2.45) is 0 Å². The number of carbonyl (C=O) groups is 1. The Balaban J connectivity index is 1.84. The summed E-state index contributed by atoms with van der Waals surface area (Å²) < 4.78 is 12.8. The third-order valence-corrected chi connectivity index (χ3v) is 4.33. The molecule has 3 rings (SSSR count). The molecule has 3 heterocycles. The zero-order valence-electron chi connectivity index (χ0n) is 10.3. The number of pyridine rings is 1. The predicted octanol–water partition coefficient (Wildman–Crippen LogP) is 3.26. The van der Waals surface area contributed by atoms with Crippen LogP contribution in [0.3, 0.4) is 0 Å². The Hall–Kier alpha value is -1.75. The van der Waals surface area contributed by atoms with Crippen LogP contribution in [0.25, 0.3) is 0 Å². The van der Waals surface area contributed by atoms with Crippen LogP contribution < -0.4 is 0 Å². The van der Waals surface area contributed by atoms with Gasteiger partial charge in [-0.2, -0.15) is 4.39 Å². The summed E-state index contributed by atoms with van der Waals surface area (Å²) in [5, 5.41) is 2.02. The lowest BCUT2D eigenvalue weighted by atomic mass is 10.1. The van der Waals surface area contributed by atoms with E-state index in [2.05, 4.69) is 11.1 Å². The Morgan fingerprint density at radius 1 is 1.42 bits per heavy atom. The first-order valence-corrected chi connectivity index (χ1v) is 7.09. The number of likely N-dealkylation sites (tertiary alicyclic amines) is 1. The summed E-state index contributed by atoms with van der Waals surface area (Å²) >= 11 is 1.67. The van der Waals surface area contributed by atoms with Crippen LogP contribution in [-0.4, -0.2) is 22.3 Å². The molecule has 5 heteroatoms. The highest BCUT2D eigenvalue weighted by molar-refractivity contribution is 7.10. The highest BCUT2D eigenvalue weighted by Gasteiger charge is 2.31. The van der Waals surface area contributed by atoms with Gasteiger partial charge in [0.25, 0.3) is 5.91 Å². The second-order valence-corrected chi connectivity index (χ2v) is 5.52. The fraction of sp³-hybridized carbons (Fsp3) is 0.286. The number of halogens is 1. The Labute approximate surface area is 114 Å². The van der Waals surface area contributed by atoms with E-state index in [4.69, 9.17) is 0 Å². The molecule has 1 unspecified atom stereocenters. The Morgan fingerprint density at radius 3 is 3.00 bits per heavy atom. The number of hydrogen-bond donors (Lipinski definition) is 0. The first kappa shape index (κ1) is 12.3. The monoisotopic (exact) mass is 276 g/mol. The van der Waals surface area contributed by atoms with Crippen LogP contribution in [0.2, 0.25) is 0 Å². The van der Waals surface area contributed by atoms with Crippen LogP contribution >= 0.6 is 11.3 Å². The van der Waals surface area contributed by atoms with Gasteiger partial charge in [0, 0.05) is 17.6 Å². The Kier molecular flexibility index (Phi) is 3.29. The second kappa shape index (κ2) is 5.09. The van der Waals surface area contributed by atoms with E-state index in [0.29, 0.717) is 5.56 Å². The molecule has 98 valence electrons. The molecule has 3 nitrogen and oxygen atoms in total. The lowest BCUT2D eigenvalue weighted by Gasteiger charge is -2.23. The van der Waals surface area contributed by atoms with Crippen molar-refractivity contribution in [1.82, 2.24) is 9.88 Å². The average molecular weight is 276 g/mol. The minimum atomic E-state index is -0.562. The molecule has 1 saturated heterocycles. The van der Waals surface area contributed by atoms with Crippen molar-refractivity contribution >= 4 is 17.2 Å². The molecule has 0 aliphatic carbocycles. The lowest BCUT2D eigenvalue weighted by molar-refractivity contribution is 0.0737. The van der Waals surface area contributed by atoms with Gasteiger partial charge in [0.2, 0.25) is 5.95 Å². The topological polar surface area (TPSA) is 33.2 Å². The van der Waals surface area contributed by atoms with Gasteiger partial charge in [0.15, 0.2) is 0 Å². The molecule has 0 saturated carbocycles. The van der Waals surface area contributed by atoms with Crippen molar-refractivity contribution in [1.29, 1.82) is 0 Å². The van der Waals surface area contributed by atoms with Crippen LogP contribution in [0.4, 0.5) is 4.39 Å². The van der Waals surface area contributed by atoms with E-state index in [-0.39, 0.29) is 11.9 Å². The maximum Gasteiger partial charge on any atom is 0.255 e. The van der Waals surface area contributed by atoms with Crippen LogP contribution in [0.15, 0.2) is 35.8 Å². The molecule has 0 aromatic carbocycles. The number of nitrogens with zero attached hydrogens (tertiary/aromatic N) is 2. The molecule has 1 amide bonds. The zero-order chi connectivity index (χ0) is 13.2. The van der Waals surface area contributed by atoms with E-state index in [0.717, 1.165) is 19.4 Å². The molecular formula is C14H13FN2OS. The van der Waals surface area contributed by atoms with Crippen LogP contribution in [0.5, 0.6) is 0 Å². The summed E-state index contributed by atoms with van der Waals surface area (Å²) in [5.74, 6) is -0.629. The molecular weight excluding hydrogens is 263 g/mol. The number of carbonyl (C=O) groups excluding carboxylic acids is 1. The van der Waals surface area contributed by atoms with Crippen molar-refractivity contribution in [2.75, 3.05) is 6.54 Å². The van der Waals surface area contributed by atoms with E-state index in [9.17, 15) is 9.18 Å². The summed E-state index contributed by atoms with van der Waals surface area (Å²) in [6.07, 6.45) is 3.30. The quantitative estimate of drug-likeness (QED) is 0.789. The molecule has 19 heavy (non-hydrogen) atoms. The molecule has 2 aromatic rings. The van der Waals surface area contributed by atoms with Crippen LogP contribution in [0.1, 0.15) is 34.1 Å². The number of rotatable bonds is 2. The molecule has 0 radical (unpaired) electrons. The summed E-state index contributed by atoms with van der Waals surface area (Å²) in [5.41, 5.74) is 0.449. The third kappa shape index (κ3) is 2.38. The van der Waals surface area contributed by atoms with Crippen molar-refractivity contribution in [3.63, 3.8) is 0 Å². The van der Waals surface area contributed by atoms with E-state index < -0.39 is 5.95 Å². The van der Waals surface area contributed by atoms with E-state index in [1.54, 1.807) is 11.3 Å². The molecule has 1 fully saturated rings. The summed E-state index contributed by atoms with van der Waals surface area (Å²) in [7, 11) is 0. The van der Waals surface area contributed by atoms with Crippen LogP contribution in [-0.2, 0) is 0 Å². The lowest BCUT2D eigenvalue weighted by Crippen LogP contribution is -2.30.